The van der Waals surface area contributed by atoms with Gasteiger partial charge in [0, 0.05) is 36.5 Å². The SMILES string of the molecule is CCc1nc(C(F)F)ccc1SN1CC2(C1)CN(C(=O)OC(C)(C)C)C2. The predicted molar refractivity (Wildman–Crippen MR) is 96.2 cm³/mol. The summed E-state index contributed by atoms with van der Waals surface area (Å²) in [4.78, 5) is 18.8. The fourth-order valence-electron chi connectivity index (χ4n) is 3.29. The number of pyridine rings is 1. The Kier molecular flexibility index (Phi) is 5.18. The minimum Gasteiger partial charge on any atom is -0.444 e. The monoisotopic (exact) mass is 385 g/mol. The van der Waals surface area contributed by atoms with E-state index in [1.54, 1.807) is 22.9 Å². The summed E-state index contributed by atoms with van der Waals surface area (Å²) in [5, 5.41) is 0. The molecule has 0 saturated carbocycles. The maximum absolute atomic E-state index is 12.8. The summed E-state index contributed by atoms with van der Waals surface area (Å²) in [7, 11) is 0. The van der Waals surface area contributed by atoms with Crippen LogP contribution in [-0.2, 0) is 11.2 Å². The van der Waals surface area contributed by atoms with Gasteiger partial charge >= 0.3 is 6.09 Å². The van der Waals surface area contributed by atoms with Gasteiger partial charge in [-0.1, -0.05) is 6.92 Å². The number of aromatic nitrogens is 1. The Morgan fingerprint density at radius 3 is 2.50 bits per heavy atom. The van der Waals surface area contributed by atoms with Gasteiger partial charge < -0.3 is 9.64 Å². The Morgan fingerprint density at radius 2 is 1.96 bits per heavy atom. The van der Waals surface area contributed by atoms with E-state index >= 15 is 0 Å². The van der Waals surface area contributed by atoms with Crippen molar-refractivity contribution in [3.63, 3.8) is 0 Å². The minimum atomic E-state index is -2.54. The molecule has 0 atom stereocenters. The van der Waals surface area contributed by atoms with Gasteiger partial charge in [-0.2, -0.15) is 0 Å². The van der Waals surface area contributed by atoms with Crippen molar-refractivity contribution >= 4 is 18.0 Å². The number of rotatable bonds is 4. The molecule has 8 heteroatoms. The zero-order valence-corrected chi connectivity index (χ0v) is 16.4. The molecule has 2 aliphatic rings. The molecule has 0 bridgehead atoms. The van der Waals surface area contributed by atoms with E-state index in [2.05, 4.69) is 9.29 Å². The number of alkyl halides is 2. The molecule has 1 aromatic rings. The van der Waals surface area contributed by atoms with Crippen LogP contribution in [0, 0.1) is 5.41 Å². The first-order valence-corrected chi connectivity index (χ1v) is 9.57. The molecule has 3 heterocycles. The average molecular weight is 385 g/mol. The predicted octanol–water partition coefficient (Wildman–Crippen LogP) is 4.14. The molecule has 2 aliphatic heterocycles. The smallest absolute Gasteiger partial charge is 0.410 e. The summed E-state index contributed by atoms with van der Waals surface area (Å²) >= 11 is 1.56. The number of carbonyl (C=O) groups excluding carboxylic acids is 1. The van der Waals surface area contributed by atoms with Gasteiger partial charge in [-0.25, -0.2) is 17.9 Å². The first-order valence-electron chi connectivity index (χ1n) is 8.80. The lowest BCUT2D eigenvalue weighted by Gasteiger charge is -2.59. The first-order chi connectivity index (χ1) is 12.1. The molecular weight excluding hydrogens is 360 g/mol. The topological polar surface area (TPSA) is 45.7 Å². The summed E-state index contributed by atoms with van der Waals surface area (Å²) in [6.07, 6.45) is -2.18. The van der Waals surface area contributed by atoms with E-state index in [4.69, 9.17) is 4.74 Å². The summed E-state index contributed by atoms with van der Waals surface area (Å²) in [5.41, 5.74) is 0.207. The highest BCUT2D eigenvalue weighted by Gasteiger charge is 2.54. The molecule has 0 unspecified atom stereocenters. The van der Waals surface area contributed by atoms with Gasteiger partial charge in [0.2, 0.25) is 0 Å². The molecule has 0 radical (unpaired) electrons. The van der Waals surface area contributed by atoms with E-state index in [1.165, 1.54) is 6.07 Å². The summed E-state index contributed by atoms with van der Waals surface area (Å²) < 4.78 is 33.2. The highest BCUT2D eigenvalue weighted by Crippen LogP contribution is 2.45. The third-order valence-corrected chi connectivity index (χ3v) is 5.55. The van der Waals surface area contributed by atoms with Gasteiger partial charge in [0.15, 0.2) is 0 Å². The van der Waals surface area contributed by atoms with Crippen molar-refractivity contribution in [2.75, 3.05) is 26.2 Å². The van der Waals surface area contributed by atoms with Crippen LogP contribution in [0.25, 0.3) is 0 Å². The largest absolute Gasteiger partial charge is 0.444 e. The molecular formula is C18H25F2N3O2S. The Hall–Kier alpha value is -1.41. The Balaban J connectivity index is 1.50. The van der Waals surface area contributed by atoms with Crippen LogP contribution in [0.3, 0.4) is 0 Å². The lowest BCUT2D eigenvalue weighted by molar-refractivity contribution is -0.0812. The second kappa shape index (κ2) is 6.96. The molecule has 3 rings (SSSR count). The quantitative estimate of drug-likeness (QED) is 0.729. The molecule has 0 aromatic carbocycles. The van der Waals surface area contributed by atoms with Crippen molar-refractivity contribution in [3.05, 3.63) is 23.5 Å². The number of amides is 1. The maximum Gasteiger partial charge on any atom is 0.410 e. The van der Waals surface area contributed by atoms with Crippen LogP contribution in [0.1, 0.15) is 45.5 Å². The third-order valence-electron chi connectivity index (χ3n) is 4.47. The van der Waals surface area contributed by atoms with Crippen LogP contribution >= 0.6 is 11.9 Å². The normalized spacial score (nSPS) is 19.4. The first kappa shape index (κ1) is 19.4. The molecule has 1 spiro atoms. The zero-order chi connectivity index (χ0) is 19.1. The highest BCUT2D eigenvalue weighted by atomic mass is 32.2. The number of hydrogen-bond donors (Lipinski definition) is 0. The van der Waals surface area contributed by atoms with Crippen molar-refractivity contribution in [1.82, 2.24) is 14.2 Å². The molecule has 2 fully saturated rings. The van der Waals surface area contributed by atoms with Crippen molar-refractivity contribution in [1.29, 1.82) is 0 Å². The van der Waals surface area contributed by atoms with Crippen LogP contribution in [0.2, 0.25) is 0 Å². The fraction of sp³-hybridized carbons (Fsp3) is 0.667. The van der Waals surface area contributed by atoms with Crippen molar-refractivity contribution < 1.29 is 18.3 Å². The second-order valence-electron chi connectivity index (χ2n) is 8.06. The van der Waals surface area contributed by atoms with Gasteiger partial charge in [0.05, 0.1) is 5.69 Å². The molecule has 1 amide bonds. The standard InChI is InChI=1S/C18H25F2N3O2S/c1-5-12-14(7-6-13(21-12)15(19)20)26-23-10-18(11-23)8-22(9-18)16(24)25-17(2,3)4/h6-7,15H,5,8-11H2,1-4H3. The van der Waals surface area contributed by atoms with Crippen LogP contribution in [-0.4, -0.2) is 52.1 Å². The molecule has 1 aromatic heterocycles. The number of nitrogens with zero attached hydrogens (tertiary/aromatic N) is 3. The van der Waals surface area contributed by atoms with Gasteiger partial charge in [-0.3, -0.25) is 4.98 Å². The second-order valence-corrected chi connectivity index (χ2v) is 9.20. The Morgan fingerprint density at radius 1 is 1.31 bits per heavy atom. The Bertz CT molecular complexity index is 680. The highest BCUT2D eigenvalue weighted by molar-refractivity contribution is 7.97. The number of halogens is 2. The van der Waals surface area contributed by atoms with Crippen molar-refractivity contribution in [2.24, 2.45) is 5.41 Å². The Labute approximate surface area is 157 Å². The van der Waals surface area contributed by atoms with Crippen molar-refractivity contribution in [3.8, 4) is 0 Å². The van der Waals surface area contributed by atoms with Crippen molar-refractivity contribution in [2.45, 2.75) is 51.0 Å². The van der Waals surface area contributed by atoms with E-state index in [9.17, 15) is 13.6 Å². The number of carbonyl (C=O) groups is 1. The third kappa shape index (κ3) is 4.11. The van der Waals surface area contributed by atoms with E-state index in [0.717, 1.165) is 18.0 Å². The van der Waals surface area contributed by atoms with Crippen LogP contribution in [0.4, 0.5) is 13.6 Å². The summed E-state index contributed by atoms with van der Waals surface area (Å²) in [5.74, 6) is 0. The number of likely N-dealkylation sites (tertiary alicyclic amines) is 1. The fourth-order valence-corrected chi connectivity index (χ4v) is 4.67. The lowest BCUT2D eigenvalue weighted by Crippen LogP contribution is -2.71. The molecule has 5 nitrogen and oxygen atoms in total. The number of aryl methyl sites for hydroxylation is 1. The number of ether oxygens (including phenoxy) is 1. The number of hydrogen-bond acceptors (Lipinski definition) is 5. The van der Waals surface area contributed by atoms with Crippen LogP contribution < -0.4 is 0 Å². The molecule has 144 valence electrons. The molecule has 26 heavy (non-hydrogen) atoms. The molecule has 0 N–H and O–H groups in total. The summed E-state index contributed by atoms with van der Waals surface area (Å²) in [6.45, 7) is 10.7. The molecule has 2 saturated heterocycles. The minimum absolute atomic E-state index is 0.145. The molecule has 0 aliphatic carbocycles. The van der Waals surface area contributed by atoms with Gasteiger partial charge in [-0.05, 0) is 51.3 Å². The van der Waals surface area contributed by atoms with Crippen LogP contribution in [0.5, 0.6) is 0 Å². The van der Waals surface area contributed by atoms with Crippen LogP contribution in [0.15, 0.2) is 17.0 Å². The zero-order valence-electron chi connectivity index (χ0n) is 15.6. The van der Waals surface area contributed by atoms with Gasteiger partial charge in [0.25, 0.3) is 6.43 Å². The van der Waals surface area contributed by atoms with E-state index in [1.807, 2.05) is 27.7 Å². The summed E-state index contributed by atoms with van der Waals surface area (Å²) in [6, 6.07) is 3.13. The van der Waals surface area contributed by atoms with E-state index < -0.39 is 12.0 Å². The average Bonchev–Trinajstić information content (AvgIpc) is 2.46. The van der Waals surface area contributed by atoms with Gasteiger partial charge in [-0.15, -0.1) is 0 Å². The van der Waals surface area contributed by atoms with Gasteiger partial charge in [0.1, 0.15) is 11.3 Å². The van der Waals surface area contributed by atoms with E-state index in [0.29, 0.717) is 25.2 Å². The lowest BCUT2D eigenvalue weighted by atomic mass is 9.75. The van der Waals surface area contributed by atoms with E-state index in [-0.39, 0.29) is 17.2 Å². The maximum atomic E-state index is 12.8.